The molecule has 1 N–H and O–H groups in total. The summed E-state index contributed by atoms with van der Waals surface area (Å²) in [5.74, 6) is 0.487. The molecule has 2 aromatic carbocycles. The first-order valence-electron chi connectivity index (χ1n) is 9.45. The summed E-state index contributed by atoms with van der Waals surface area (Å²) >= 11 is 1.29. The van der Waals surface area contributed by atoms with Gasteiger partial charge in [0.05, 0.1) is 25.6 Å². The first-order valence-corrected chi connectivity index (χ1v) is 10.3. The van der Waals surface area contributed by atoms with Gasteiger partial charge in [-0.2, -0.15) is 0 Å². The Hall–Kier alpha value is -3.72. The second kappa shape index (κ2) is 8.57. The summed E-state index contributed by atoms with van der Waals surface area (Å²) in [6.07, 6.45) is 0.429. The molecule has 9 heteroatoms. The first-order chi connectivity index (χ1) is 15.0. The average Bonchev–Trinajstić information content (AvgIpc) is 3.39. The predicted molar refractivity (Wildman–Crippen MR) is 117 cm³/mol. The van der Waals surface area contributed by atoms with E-state index in [1.54, 1.807) is 44.6 Å². The SMILES string of the molecule is COc1ccc(-c2csc(NC(=O)c3ccc(N4C(=O)CCC4=O)cc3)n2)c(OC)c1. The van der Waals surface area contributed by atoms with E-state index in [2.05, 4.69) is 10.3 Å². The molecule has 1 fully saturated rings. The zero-order chi connectivity index (χ0) is 22.0. The molecule has 4 rings (SSSR count). The first kappa shape index (κ1) is 20.5. The van der Waals surface area contributed by atoms with Crippen molar-refractivity contribution in [3.05, 3.63) is 53.4 Å². The summed E-state index contributed by atoms with van der Waals surface area (Å²) in [5, 5.41) is 5.03. The summed E-state index contributed by atoms with van der Waals surface area (Å²) in [6, 6.07) is 11.8. The van der Waals surface area contributed by atoms with Crippen LogP contribution in [0.5, 0.6) is 11.5 Å². The highest BCUT2D eigenvalue weighted by molar-refractivity contribution is 7.14. The van der Waals surface area contributed by atoms with Gasteiger partial charge in [0.25, 0.3) is 5.91 Å². The van der Waals surface area contributed by atoms with E-state index in [-0.39, 0.29) is 30.6 Å². The fourth-order valence-corrected chi connectivity index (χ4v) is 3.97. The zero-order valence-electron chi connectivity index (χ0n) is 16.9. The normalized spacial score (nSPS) is 13.4. The van der Waals surface area contributed by atoms with Gasteiger partial charge in [-0.3, -0.25) is 24.6 Å². The van der Waals surface area contributed by atoms with E-state index in [1.807, 2.05) is 17.5 Å². The Morgan fingerprint density at radius 1 is 1.03 bits per heavy atom. The molecule has 2 heterocycles. The number of nitrogens with zero attached hydrogens (tertiary/aromatic N) is 2. The molecule has 0 bridgehead atoms. The number of hydrogen-bond acceptors (Lipinski definition) is 7. The van der Waals surface area contributed by atoms with E-state index in [9.17, 15) is 14.4 Å². The lowest BCUT2D eigenvalue weighted by atomic mass is 10.1. The van der Waals surface area contributed by atoms with E-state index >= 15 is 0 Å². The molecule has 3 aromatic rings. The molecular formula is C22H19N3O5S. The smallest absolute Gasteiger partial charge is 0.257 e. The molecule has 8 nitrogen and oxygen atoms in total. The Kier molecular flexibility index (Phi) is 5.68. The number of ether oxygens (including phenoxy) is 2. The summed E-state index contributed by atoms with van der Waals surface area (Å²) in [4.78, 5) is 41.9. The molecule has 31 heavy (non-hydrogen) atoms. The third-order valence-corrected chi connectivity index (χ3v) is 5.61. The maximum Gasteiger partial charge on any atom is 0.257 e. The van der Waals surface area contributed by atoms with Gasteiger partial charge in [-0.25, -0.2) is 4.98 Å². The van der Waals surface area contributed by atoms with Crippen molar-refractivity contribution in [3.8, 4) is 22.8 Å². The predicted octanol–water partition coefficient (Wildman–Crippen LogP) is 3.73. The van der Waals surface area contributed by atoms with Crippen molar-refractivity contribution >= 4 is 39.9 Å². The quantitative estimate of drug-likeness (QED) is 0.590. The van der Waals surface area contributed by atoms with Gasteiger partial charge in [0.1, 0.15) is 11.5 Å². The third-order valence-electron chi connectivity index (χ3n) is 4.85. The van der Waals surface area contributed by atoms with Crippen LogP contribution in [0.25, 0.3) is 11.3 Å². The second-order valence-electron chi connectivity index (χ2n) is 6.73. The lowest BCUT2D eigenvalue weighted by Gasteiger charge is -2.13. The van der Waals surface area contributed by atoms with Crippen molar-refractivity contribution in [2.24, 2.45) is 0 Å². The van der Waals surface area contributed by atoms with Crippen LogP contribution in [0.3, 0.4) is 0 Å². The number of methoxy groups -OCH3 is 2. The van der Waals surface area contributed by atoms with Gasteiger partial charge < -0.3 is 9.47 Å². The topological polar surface area (TPSA) is 97.8 Å². The number of benzene rings is 2. The van der Waals surface area contributed by atoms with Crippen LogP contribution in [0.15, 0.2) is 47.8 Å². The van der Waals surface area contributed by atoms with Crippen LogP contribution >= 0.6 is 11.3 Å². The van der Waals surface area contributed by atoms with Crippen LogP contribution in [-0.2, 0) is 9.59 Å². The largest absolute Gasteiger partial charge is 0.497 e. The van der Waals surface area contributed by atoms with Crippen molar-refractivity contribution in [1.82, 2.24) is 4.98 Å². The molecule has 1 aliphatic rings. The Bertz CT molecular complexity index is 1140. The lowest BCUT2D eigenvalue weighted by molar-refractivity contribution is -0.121. The van der Waals surface area contributed by atoms with Crippen molar-refractivity contribution in [2.75, 3.05) is 24.4 Å². The van der Waals surface area contributed by atoms with Crippen molar-refractivity contribution < 1.29 is 23.9 Å². The Balaban J connectivity index is 1.48. The molecule has 0 spiro atoms. The molecule has 0 radical (unpaired) electrons. The number of hydrogen-bond donors (Lipinski definition) is 1. The Labute approximate surface area is 182 Å². The summed E-state index contributed by atoms with van der Waals surface area (Å²) in [7, 11) is 3.15. The molecule has 1 saturated heterocycles. The highest BCUT2D eigenvalue weighted by atomic mass is 32.1. The van der Waals surface area contributed by atoms with E-state index in [1.165, 1.54) is 11.3 Å². The molecule has 158 valence electrons. The minimum Gasteiger partial charge on any atom is -0.497 e. The van der Waals surface area contributed by atoms with Gasteiger partial charge >= 0.3 is 0 Å². The van der Waals surface area contributed by atoms with Crippen LogP contribution < -0.4 is 19.7 Å². The number of amides is 3. The van der Waals surface area contributed by atoms with Crippen molar-refractivity contribution in [2.45, 2.75) is 12.8 Å². The molecule has 3 amide bonds. The van der Waals surface area contributed by atoms with Gasteiger partial charge in [-0.05, 0) is 36.4 Å². The lowest BCUT2D eigenvalue weighted by Crippen LogP contribution is -2.28. The minimum absolute atomic E-state index is 0.215. The van der Waals surface area contributed by atoms with Gasteiger partial charge in [-0.15, -0.1) is 11.3 Å². The molecular weight excluding hydrogens is 418 g/mol. The zero-order valence-corrected chi connectivity index (χ0v) is 17.7. The fourth-order valence-electron chi connectivity index (χ4n) is 3.26. The summed E-state index contributed by atoms with van der Waals surface area (Å²) < 4.78 is 10.6. The number of anilines is 2. The number of carbonyl (C=O) groups is 3. The molecule has 0 unspecified atom stereocenters. The fraction of sp³-hybridized carbons (Fsp3) is 0.182. The van der Waals surface area contributed by atoms with Crippen LogP contribution in [0.4, 0.5) is 10.8 Å². The Morgan fingerprint density at radius 2 is 1.74 bits per heavy atom. The minimum atomic E-state index is -0.340. The summed E-state index contributed by atoms with van der Waals surface area (Å²) in [6.45, 7) is 0. The second-order valence-corrected chi connectivity index (χ2v) is 7.59. The highest BCUT2D eigenvalue weighted by Crippen LogP contribution is 2.35. The number of carbonyl (C=O) groups excluding carboxylic acids is 3. The standard InChI is InChI=1S/C22H19N3O5S/c1-29-15-7-8-16(18(11-15)30-2)17-12-31-22(23-17)24-21(28)13-3-5-14(6-4-13)25-19(26)9-10-20(25)27/h3-8,11-12H,9-10H2,1-2H3,(H,23,24,28). The van der Waals surface area contributed by atoms with Crippen LogP contribution in [0, 0.1) is 0 Å². The van der Waals surface area contributed by atoms with Crippen molar-refractivity contribution in [3.63, 3.8) is 0 Å². The molecule has 0 aliphatic carbocycles. The van der Waals surface area contributed by atoms with Crippen LogP contribution in [0.1, 0.15) is 23.2 Å². The Morgan fingerprint density at radius 3 is 2.39 bits per heavy atom. The monoisotopic (exact) mass is 437 g/mol. The number of rotatable bonds is 6. The van der Waals surface area contributed by atoms with Gasteiger partial charge in [0.15, 0.2) is 5.13 Å². The molecule has 1 aliphatic heterocycles. The molecule has 1 aromatic heterocycles. The molecule has 0 saturated carbocycles. The highest BCUT2D eigenvalue weighted by Gasteiger charge is 2.30. The maximum atomic E-state index is 12.6. The van der Waals surface area contributed by atoms with E-state index in [0.29, 0.717) is 33.6 Å². The van der Waals surface area contributed by atoms with Crippen LogP contribution in [-0.4, -0.2) is 36.9 Å². The van der Waals surface area contributed by atoms with Gasteiger partial charge in [0, 0.05) is 35.4 Å². The number of thiazole rings is 1. The third kappa shape index (κ3) is 4.13. The van der Waals surface area contributed by atoms with Crippen molar-refractivity contribution in [1.29, 1.82) is 0 Å². The van der Waals surface area contributed by atoms with Gasteiger partial charge in [-0.1, -0.05) is 0 Å². The number of nitrogens with one attached hydrogen (secondary N) is 1. The number of aromatic nitrogens is 1. The summed E-state index contributed by atoms with van der Waals surface area (Å²) in [5.41, 5.74) is 2.30. The number of imide groups is 1. The van der Waals surface area contributed by atoms with E-state index < -0.39 is 0 Å². The van der Waals surface area contributed by atoms with Gasteiger partial charge in [0.2, 0.25) is 11.8 Å². The average molecular weight is 437 g/mol. The molecule has 0 atom stereocenters. The maximum absolute atomic E-state index is 12.6. The van der Waals surface area contributed by atoms with E-state index in [4.69, 9.17) is 9.47 Å². The van der Waals surface area contributed by atoms with Crippen LogP contribution in [0.2, 0.25) is 0 Å². The van der Waals surface area contributed by atoms with E-state index in [0.717, 1.165) is 10.5 Å².